The number of nitrogens with one attached hydrogen (secondary N) is 2. The second kappa shape index (κ2) is 13.6. The first-order chi connectivity index (χ1) is 15.5. The van der Waals surface area contributed by atoms with Gasteiger partial charge < -0.3 is 25.3 Å². The van der Waals surface area contributed by atoms with Crippen molar-refractivity contribution in [1.29, 1.82) is 0 Å². The van der Waals surface area contributed by atoms with Crippen LogP contribution in [-0.4, -0.2) is 86.0 Å². The summed E-state index contributed by atoms with van der Waals surface area (Å²) < 4.78 is 0. The van der Waals surface area contributed by atoms with E-state index in [4.69, 9.17) is 0 Å². The second-order valence-corrected chi connectivity index (χ2v) is 8.78. The predicted octanol–water partition coefficient (Wildman–Crippen LogP) is 2.16. The minimum absolute atomic E-state index is 0. The third kappa shape index (κ3) is 8.04. The Balaban J connectivity index is 0.00000385. The third-order valence-corrected chi connectivity index (χ3v) is 6.03. The molecule has 2 fully saturated rings. The van der Waals surface area contributed by atoms with Gasteiger partial charge in [0.2, 0.25) is 11.8 Å². The zero-order chi connectivity index (χ0) is 22.9. The number of aliphatic imine (C=N–C) groups is 1. The highest BCUT2D eigenvalue weighted by molar-refractivity contribution is 14.0. The fourth-order valence-electron chi connectivity index (χ4n) is 4.23. The van der Waals surface area contributed by atoms with E-state index in [-0.39, 0.29) is 47.8 Å². The van der Waals surface area contributed by atoms with Crippen molar-refractivity contribution in [2.75, 3.05) is 57.3 Å². The maximum absolute atomic E-state index is 12.7. The lowest BCUT2D eigenvalue weighted by atomic mass is 10.2. The second-order valence-electron chi connectivity index (χ2n) is 8.78. The number of anilines is 1. The van der Waals surface area contributed by atoms with Gasteiger partial charge in [0.05, 0.1) is 6.54 Å². The smallest absolute Gasteiger partial charge is 0.225 e. The van der Waals surface area contributed by atoms with Gasteiger partial charge in [-0.3, -0.25) is 14.6 Å². The molecule has 0 spiro atoms. The Bertz CT molecular complexity index is 780. The maximum atomic E-state index is 12.7. The van der Waals surface area contributed by atoms with E-state index in [2.05, 4.69) is 32.7 Å². The maximum Gasteiger partial charge on any atom is 0.225 e. The van der Waals surface area contributed by atoms with Crippen LogP contribution in [0.1, 0.15) is 33.6 Å². The number of para-hydroxylation sites is 1. The summed E-state index contributed by atoms with van der Waals surface area (Å²) in [5.74, 6) is 1.11. The van der Waals surface area contributed by atoms with Gasteiger partial charge in [-0.1, -0.05) is 32.0 Å². The van der Waals surface area contributed by atoms with Gasteiger partial charge >= 0.3 is 0 Å². The average molecular weight is 571 g/mol. The molecule has 2 aliphatic rings. The molecule has 1 unspecified atom stereocenters. The zero-order valence-electron chi connectivity index (χ0n) is 20.1. The number of guanidine groups is 1. The molecule has 2 saturated heterocycles. The number of nitrogens with zero attached hydrogens (tertiary/aromatic N) is 4. The number of carbonyl (C=O) groups excluding carboxylic acids is 2. The van der Waals surface area contributed by atoms with E-state index >= 15 is 0 Å². The molecule has 1 aromatic carbocycles. The molecule has 0 saturated carbocycles. The van der Waals surface area contributed by atoms with Crippen molar-refractivity contribution in [1.82, 2.24) is 20.4 Å². The van der Waals surface area contributed by atoms with Crippen molar-refractivity contribution in [2.24, 2.45) is 10.9 Å². The summed E-state index contributed by atoms with van der Waals surface area (Å²) in [5.41, 5.74) is 1.21. The Morgan fingerprint density at radius 2 is 1.76 bits per heavy atom. The van der Waals surface area contributed by atoms with Crippen LogP contribution in [-0.2, 0) is 9.59 Å². The summed E-state index contributed by atoms with van der Waals surface area (Å²) in [4.78, 5) is 35.7. The normalized spacial score (nSPS) is 18.8. The molecule has 1 atom stereocenters. The van der Waals surface area contributed by atoms with Gasteiger partial charge in [-0.2, -0.15) is 0 Å². The van der Waals surface area contributed by atoms with E-state index in [0.29, 0.717) is 19.5 Å². The van der Waals surface area contributed by atoms with Crippen LogP contribution < -0.4 is 15.5 Å². The molecule has 184 valence electrons. The van der Waals surface area contributed by atoms with Crippen LogP contribution in [0.2, 0.25) is 0 Å². The molecule has 0 radical (unpaired) electrons. The molecule has 0 bridgehead atoms. The predicted molar refractivity (Wildman–Crippen MR) is 144 cm³/mol. The molecule has 8 nitrogen and oxygen atoms in total. The Morgan fingerprint density at radius 3 is 2.39 bits per heavy atom. The van der Waals surface area contributed by atoms with Gasteiger partial charge in [-0.15, -0.1) is 24.0 Å². The van der Waals surface area contributed by atoms with E-state index in [1.54, 1.807) is 0 Å². The summed E-state index contributed by atoms with van der Waals surface area (Å²) in [6.07, 6.45) is 1.32. The van der Waals surface area contributed by atoms with Crippen LogP contribution in [0.3, 0.4) is 0 Å². The number of amides is 2. The Labute approximate surface area is 215 Å². The molecule has 2 heterocycles. The minimum atomic E-state index is 0. The highest BCUT2D eigenvalue weighted by Crippen LogP contribution is 2.16. The van der Waals surface area contributed by atoms with E-state index < -0.39 is 0 Å². The van der Waals surface area contributed by atoms with E-state index in [1.165, 1.54) is 5.69 Å². The summed E-state index contributed by atoms with van der Waals surface area (Å²) in [6.45, 7) is 11.8. The lowest BCUT2D eigenvalue weighted by molar-refractivity contribution is -0.133. The van der Waals surface area contributed by atoms with Gasteiger partial charge in [-0.05, 0) is 25.5 Å². The standard InChI is InChI=1S/C24H38N6O2.HI/c1-4-25-24(27-20-11-13-30(18-20)23(32)19(2)3)26-12-10-22(31)29-16-14-28(15-17-29)21-8-6-5-7-9-21;/h5-9,19-20H,4,10-18H2,1-3H3,(H2,25,26,27);1H. The quantitative estimate of drug-likeness (QED) is 0.299. The minimum Gasteiger partial charge on any atom is -0.368 e. The number of likely N-dealkylation sites (tertiary alicyclic amines) is 1. The molecule has 2 N–H and O–H groups in total. The molecule has 0 aromatic heterocycles. The molecule has 2 aliphatic heterocycles. The fraction of sp³-hybridized carbons (Fsp3) is 0.625. The van der Waals surface area contributed by atoms with Crippen molar-refractivity contribution in [2.45, 2.75) is 39.7 Å². The van der Waals surface area contributed by atoms with Crippen molar-refractivity contribution in [3.63, 3.8) is 0 Å². The summed E-state index contributed by atoms with van der Waals surface area (Å²) >= 11 is 0. The lowest BCUT2D eigenvalue weighted by Gasteiger charge is -2.36. The van der Waals surface area contributed by atoms with Crippen LogP contribution in [0.25, 0.3) is 0 Å². The first-order valence-electron chi connectivity index (χ1n) is 11.9. The van der Waals surface area contributed by atoms with E-state index in [0.717, 1.165) is 51.6 Å². The average Bonchev–Trinajstić information content (AvgIpc) is 3.27. The van der Waals surface area contributed by atoms with Gasteiger partial charge in [0, 0.05) is 69.9 Å². The topological polar surface area (TPSA) is 80.3 Å². The van der Waals surface area contributed by atoms with Crippen LogP contribution in [0.15, 0.2) is 35.3 Å². The van der Waals surface area contributed by atoms with Crippen molar-refractivity contribution in [3.8, 4) is 0 Å². The number of halogens is 1. The Kier molecular flexibility index (Phi) is 11.2. The summed E-state index contributed by atoms with van der Waals surface area (Å²) in [5, 5.41) is 6.69. The number of carbonyl (C=O) groups is 2. The number of rotatable bonds is 7. The van der Waals surface area contributed by atoms with Crippen molar-refractivity contribution in [3.05, 3.63) is 30.3 Å². The first kappa shape index (κ1) is 27.2. The SMILES string of the molecule is CCNC(=NCCC(=O)N1CCN(c2ccccc2)CC1)NC1CCN(C(=O)C(C)C)C1.I. The van der Waals surface area contributed by atoms with Crippen LogP contribution in [0.5, 0.6) is 0 Å². The van der Waals surface area contributed by atoms with E-state index in [9.17, 15) is 9.59 Å². The molecule has 2 amide bonds. The molecule has 9 heteroatoms. The Morgan fingerprint density at radius 1 is 1.06 bits per heavy atom. The van der Waals surface area contributed by atoms with Gasteiger partial charge in [0.25, 0.3) is 0 Å². The molecule has 1 aromatic rings. The zero-order valence-corrected chi connectivity index (χ0v) is 22.5. The highest BCUT2D eigenvalue weighted by atomic mass is 127. The van der Waals surface area contributed by atoms with Crippen LogP contribution >= 0.6 is 24.0 Å². The van der Waals surface area contributed by atoms with Crippen LogP contribution in [0, 0.1) is 5.92 Å². The first-order valence-corrected chi connectivity index (χ1v) is 11.9. The van der Waals surface area contributed by atoms with Gasteiger partial charge in [-0.25, -0.2) is 0 Å². The number of hydrogen-bond acceptors (Lipinski definition) is 4. The third-order valence-electron chi connectivity index (χ3n) is 6.03. The number of hydrogen-bond donors (Lipinski definition) is 2. The monoisotopic (exact) mass is 570 g/mol. The molecular formula is C24H39IN6O2. The number of piperazine rings is 1. The van der Waals surface area contributed by atoms with E-state index in [1.807, 2.05) is 48.8 Å². The summed E-state index contributed by atoms with van der Waals surface area (Å²) in [7, 11) is 0. The van der Waals surface area contributed by atoms with Crippen molar-refractivity contribution >= 4 is 47.4 Å². The molecule has 0 aliphatic carbocycles. The molecular weight excluding hydrogens is 531 g/mol. The Hall–Kier alpha value is -2.04. The molecule has 33 heavy (non-hydrogen) atoms. The highest BCUT2D eigenvalue weighted by Gasteiger charge is 2.28. The van der Waals surface area contributed by atoms with Crippen LogP contribution in [0.4, 0.5) is 5.69 Å². The van der Waals surface area contributed by atoms with Crippen molar-refractivity contribution < 1.29 is 9.59 Å². The largest absolute Gasteiger partial charge is 0.368 e. The van der Waals surface area contributed by atoms with Gasteiger partial charge in [0.1, 0.15) is 0 Å². The van der Waals surface area contributed by atoms with Gasteiger partial charge in [0.15, 0.2) is 5.96 Å². The number of benzene rings is 1. The summed E-state index contributed by atoms with van der Waals surface area (Å²) in [6, 6.07) is 10.5. The lowest BCUT2D eigenvalue weighted by Crippen LogP contribution is -2.49. The fourth-order valence-corrected chi connectivity index (χ4v) is 4.23. The molecule has 3 rings (SSSR count).